The number of benzene rings is 1. The molecule has 5 rings (SSSR count). The zero-order valence-electron chi connectivity index (χ0n) is 24.1. The molecule has 2 atom stereocenters. The summed E-state index contributed by atoms with van der Waals surface area (Å²) < 4.78 is 9.22. The Morgan fingerprint density at radius 2 is 2.00 bits per heavy atom. The maximum Gasteiger partial charge on any atom is 0.410 e. The normalized spacial score (nSPS) is 19.0. The number of aryl methyl sites for hydroxylation is 3. The van der Waals surface area contributed by atoms with Crippen LogP contribution in [0.3, 0.4) is 0 Å². The standard InChI is InChI=1S/C30H36BrClN6O4/c1-30(2,3)42-29(40)36-13-14-37(25(18-36)28(39)34-9-4-11-35-12-10-33-19-35)27-24-8-7-23(32)16-20(24)5-6-21-15-22(31)17-38(41)26(21)27/h7-8,10,12,15-17,19,25,27H,4-6,9,11,13-14,18H2,1-3H3,(H,34,39)/t25?,27-/m0/s1. The third kappa shape index (κ3) is 6.90. The summed E-state index contributed by atoms with van der Waals surface area (Å²) in [6.07, 6.45) is 8.47. The minimum atomic E-state index is -0.720. The Kier molecular flexibility index (Phi) is 9.10. The Labute approximate surface area is 259 Å². The average molecular weight is 660 g/mol. The molecule has 2 aromatic heterocycles. The molecule has 0 bridgehead atoms. The van der Waals surface area contributed by atoms with E-state index < -0.39 is 23.8 Å². The highest BCUT2D eigenvalue weighted by Crippen LogP contribution is 2.39. The molecule has 10 nitrogen and oxygen atoms in total. The van der Waals surface area contributed by atoms with Crippen molar-refractivity contribution in [3.8, 4) is 0 Å². The van der Waals surface area contributed by atoms with Crippen LogP contribution in [0.25, 0.3) is 0 Å². The van der Waals surface area contributed by atoms with Gasteiger partial charge in [-0.15, -0.1) is 0 Å². The van der Waals surface area contributed by atoms with Gasteiger partial charge >= 0.3 is 6.09 Å². The van der Waals surface area contributed by atoms with Crippen LogP contribution in [-0.4, -0.2) is 69.2 Å². The molecule has 1 N–H and O–H groups in total. The molecule has 1 unspecified atom stereocenters. The van der Waals surface area contributed by atoms with Gasteiger partial charge in [0, 0.05) is 55.7 Å². The van der Waals surface area contributed by atoms with E-state index in [1.807, 2.05) is 55.8 Å². The number of carbonyl (C=O) groups is 2. The van der Waals surface area contributed by atoms with Gasteiger partial charge in [-0.2, -0.15) is 4.73 Å². The van der Waals surface area contributed by atoms with Gasteiger partial charge in [-0.05, 0) is 85.3 Å². The third-order valence-corrected chi connectivity index (χ3v) is 8.27. The Bertz CT molecular complexity index is 1440. The lowest BCUT2D eigenvalue weighted by Gasteiger charge is -2.44. The van der Waals surface area contributed by atoms with Gasteiger partial charge in [0.25, 0.3) is 0 Å². The van der Waals surface area contributed by atoms with E-state index in [0.29, 0.717) is 60.6 Å². The van der Waals surface area contributed by atoms with Gasteiger partial charge in [0.15, 0.2) is 6.20 Å². The Balaban J connectivity index is 1.49. The summed E-state index contributed by atoms with van der Waals surface area (Å²) in [7, 11) is 0. The van der Waals surface area contributed by atoms with Crippen molar-refractivity contribution in [2.24, 2.45) is 0 Å². The largest absolute Gasteiger partial charge is 0.618 e. The molecular formula is C30H36BrClN6O4. The smallest absolute Gasteiger partial charge is 0.410 e. The zero-order valence-corrected chi connectivity index (χ0v) is 26.4. The maximum atomic E-state index is 13.9. The van der Waals surface area contributed by atoms with Crippen LogP contribution in [0.4, 0.5) is 4.79 Å². The first-order valence-corrected chi connectivity index (χ1v) is 15.3. The van der Waals surface area contributed by atoms with E-state index in [1.165, 1.54) is 6.20 Å². The predicted octanol–water partition coefficient (Wildman–Crippen LogP) is 4.25. The summed E-state index contributed by atoms with van der Waals surface area (Å²) in [6.45, 7) is 7.48. The molecular weight excluding hydrogens is 624 g/mol. The summed E-state index contributed by atoms with van der Waals surface area (Å²) in [5.41, 5.74) is 2.80. The van der Waals surface area contributed by atoms with Crippen LogP contribution in [0, 0.1) is 5.21 Å². The molecule has 0 radical (unpaired) electrons. The van der Waals surface area contributed by atoms with Crippen molar-refractivity contribution < 1.29 is 19.1 Å². The summed E-state index contributed by atoms with van der Waals surface area (Å²) in [4.78, 5) is 34.7. The van der Waals surface area contributed by atoms with Crippen molar-refractivity contribution in [1.29, 1.82) is 0 Å². The maximum absolute atomic E-state index is 13.9. The number of hydrogen-bond acceptors (Lipinski definition) is 6. The molecule has 1 fully saturated rings. The SMILES string of the molecule is CC(C)(C)OC(=O)N1CCN([C@H]2c3ccc(Cl)cc3CCc3cc(Br)c[n+]([O-])c32)C(C(=O)NCCCn2ccnc2)C1. The molecule has 2 amide bonds. The minimum Gasteiger partial charge on any atom is -0.618 e. The fourth-order valence-electron chi connectivity index (χ4n) is 5.75. The van der Waals surface area contributed by atoms with E-state index >= 15 is 0 Å². The van der Waals surface area contributed by atoms with Crippen LogP contribution >= 0.6 is 27.5 Å². The molecule has 0 spiro atoms. The van der Waals surface area contributed by atoms with Crippen molar-refractivity contribution in [3.63, 3.8) is 0 Å². The molecule has 2 aliphatic rings. The van der Waals surface area contributed by atoms with E-state index in [0.717, 1.165) is 21.4 Å². The number of carbonyl (C=O) groups excluding carboxylic acids is 2. The Morgan fingerprint density at radius 1 is 1.21 bits per heavy atom. The van der Waals surface area contributed by atoms with Crippen LogP contribution in [-0.2, 0) is 28.9 Å². The molecule has 1 aromatic carbocycles. The lowest BCUT2D eigenvalue weighted by molar-refractivity contribution is -0.617. The number of rotatable bonds is 6. The zero-order chi connectivity index (χ0) is 30.0. The van der Waals surface area contributed by atoms with E-state index in [4.69, 9.17) is 16.3 Å². The molecule has 1 aliphatic carbocycles. The number of imidazole rings is 1. The van der Waals surface area contributed by atoms with Gasteiger partial charge in [-0.25, -0.2) is 9.78 Å². The number of amides is 2. The van der Waals surface area contributed by atoms with Crippen LogP contribution in [0.1, 0.15) is 55.6 Å². The molecule has 42 heavy (non-hydrogen) atoms. The highest BCUT2D eigenvalue weighted by Gasteiger charge is 2.44. The van der Waals surface area contributed by atoms with Crippen molar-refractivity contribution in [1.82, 2.24) is 24.7 Å². The first-order valence-electron chi connectivity index (χ1n) is 14.2. The summed E-state index contributed by atoms with van der Waals surface area (Å²) in [5.74, 6) is -0.204. The highest BCUT2D eigenvalue weighted by atomic mass is 79.9. The van der Waals surface area contributed by atoms with Gasteiger partial charge in [-0.1, -0.05) is 17.7 Å². The van der Waals surface area contributed by atoms with Gasteiger partial charge in [0.05, 0.1) is 10.8 Å². The fourth-order valence-corrected chi connectivity index (χ4v) is 6.41. The second-order valence-electron chi connectivity index (χ2n) is 11.8. The van der Waals surface area contributed by atoms with Gasteiger partial charge in [0.1, 0.15) is 17.7 Å². The molecule has 12 heteroatoms. The first kappa shape index (κ1) is 30.3. The van der Waals surface area contributed by atoms with Crippen LogP contribution < -0.4 is 10.0 Å². The lowest BCUT2D eigenvalue weighted by atomic mass is 9.94. The van der Waals surface area contributed by atoms with Crippen LogP contribution in [0.5, 0.6) is 0 Å². The molecule has 3 heterocycles. The molecule has 1 saturated heterocycles. The monoisotopic (exact) mass is 658 g/mol. The summed E-state index contributed by atoms with van der Waals surface area (Å²) in [6, 6.07) is 6.48. The topological polar surface area (TPSA) is 107 Å². The Hall–Kier alpha value is -3.15. The van der Waals surface area contributed by atoms with E-state index in [-0.39, 0.29) is 12.5 Å². The average Bonchev–Trinajstić information content (AvgIpc) is 3.39. The van der Waals surface area contributed by atoms with Crippen molar-refractivity contribution in [2.75, 3.05) is 26.2 Å². The number of piperazine rings is 1. The number of aromatic nitrogens is 3. The minimum absolute atomic E-state index is 0.131. The summed E-state index contributed by atoms with van der Waals surface area (Å²) >= 11 is 9.89. The highest BCUT2D eigenvalue weighted by molar-refractivity contribution is 9.10. The molecule has 224 valence electrons. The van der Waals surface area contributed by atoms with Gasteiger partial charge < -0.3 is 24.7 Å². The number of pyridine rings is 1. The van der Waals surface area contributed by atoms with E-state index in [2.05, 4.69) is 31.1 Å². The van der Waals surface area contributed by atoms with Crippen LogP contribution in [0.2, 0.25) is 5.02 Å². The molecule has 3 aromatic rings. The fraction of sp³-hybridized carbons (Fsp3) is 0.467. The Morgan fingerprint density at radius 3 is 2.74 bits per heavy atom. The first-order chi connectivity index (χ1) is 20.0. The third-order valence-electron chi connectivity index (χ3n) is 7.60. The number of ether oxygens (including phenoxy) is 1. The van der Waals surface area contributed by atoms with Gasteiger partial charge in [-0.3, -0.25) is 9.69 Å². The lowest BCUT2D eigenvalue weighted by Crippen LogP contribution is -2.62. The quantitative estimate of drug-likeness (QED) is 0.241. The van der Waals surface area contributed by atoms with E-state index in [1.54, 1.807) is 17.4 Å². The van der Waals surface area contributed by atoms with Crippen LogP contribution in [0.15, 0.2) is 53.7 Å². The van der Waals surface area contributed by atoms with Crippen molar-refractivity contribution in [3.05, 3.63) is 86.3 Å². The molecule has 0 saturated carbocycles. The van der Waals surface area contributed by atoms with Crippen molar-refractivity contribution in [2.45, 2.75) is 64.3 Å². The number of nitrogens with zero attached hydrogens (tertiary/aromatic N) is 5. The predicted molar refractivity (Wildman–Crippen MR) is 162 cm³/mol. The number of hydrogen-bond donors (Lipinski definition) is 1. The summed E-state index contributed by atoms with van der Waals surface area (Å²) in [5, 5.41) is 17.2. The van der Waals surface area contributed by atoms with E-state index in [9.17, 15) is 14.8 Å². The van der Waals surface area contributed by atoms with Gasteiger partial charge in [0.2, 0.25) is 11.6 Å². The second kappa shape index (κ2) is 12.6. The number of nitrogens with one attached hydrogen (secondary N) is 1. The number of halogens is 2. The van der Waals surface area contributed by atoms with Crippen molar-refractivity contribution >= 4 is 39.5 Å². The molecule has 1 aliphatic heterocycles. The second-order valence-corrected chi connectivity index (χ2v) is 13.1. The number of fused-ring (bicyclic) bond motifs is 2.